The molecule has 6 heterocycles. The van der Waals surface area contributed by atoms with Crippen LogP contribution in [0.1, 0.15) is 12.5 Å². The highest BCUT2D eigenvalue weighted by molar-refractivity contribution is 7.47. The van der Waals surface area contributed by atoms with Crippen LogP contribution in [0.5, 0.6) is 0 Å². The molecule has 3 fully saturated rings. The summed E-state index contributed by atoms with van der Waals surface area (Å²) >= 11 is 12.2. The molecule has 3 aliphatic rings. The number of rotatable bonds is 2. The van der Waals surface area contributed by atoms with Crippen LogP contribution in [-0.2, 0) is 36.7 Å². The third-order valence-electron chi connectivity index (χ3n) is 7.55. The number of hydrogen-bond acceptors (Lipinski definition) is 15. The van der Waals surface area contributed by atoms with Crippen LogP contribution in [0.25, 0.3) is 22.2 Å². The second kappa shape index (κ2) is 11.6. The highest BCUT2D eigenvalue weighted by Gasteiger charge is 2.54. The summed E-state index contributed by atoms with van der Waals surface area (Å²) in [5.41, 5.74) is 5.45. The predicted molar refractivity (Wildman–Crippen MR) is 153 cm³/mol. The number of H-pyrrole nitrogens is 1. The lowest BCUT2D eigenvalue weighted by molar-refractivity contribution is -0.0663. The van der Waals surface area contributed by atoms with Crippen molar-refractivity contribution in [1.82, 2.24) is 29.1 Å². The van der Waals surface area contributed by atoms with Gasteiger partial charge >= 0.3 is 15.6 Å². The van der Waals surface area contributed by atoms with Crippen LogP contribution in [-0.4, -0.2) is 98.9 Å². The first-order chi connectivity index (χ1) is 21.7. The molecule has 1 aromatic carbocycles. The summed E-state index contributed by atoms with van der Waals surface area (Å²) in [6.07, 6.45) is -10.1. The first kappa shape index (κ1) is 32.0. The molecule has 3 saturated heterocycles. The van der Waals surface area contributed by atoms with Gasteiger partial charge in [0.05, 0.1) is 46.9 Å². The molecule has 24 heteroatoms. The predicted octanol–water partition coefficient (Wildman–Crippen LogP) is 0.593. The number of aliphatic hydroxyl groups excluding tert-OH is 2. The van der Waals surface area contributed by atoms with Crippen LogP contribution in [0, 0.1) is 0 Å². The molecule has 0 radical (unpaired) electrons. The average Bonchev–Trinajstić information content (AvgIpc) is 3.72. The van der Waals surface area contributed by atoms with Gasteiger partial charge in [-0.25, -0.2) is 19.1 Å². The summed E-state index contributed by atoms with van der Waals surface area (Å²) in [5.74, 6) is -0.268. The topological polar surface area (TPSA) is 278 Å². The number of benzene rings is 1. The summed E-state index contributed by atoms with van der Waals surface area (Å²) in [6, 6.07) is 2.95. The molecule has 7 N–H and O–H groups in total. The lowest BCUT2D eigenvalue weighted by Gasteiger charge is -2.27. The molecule has 0 saturated carbocycles. The van der Waals surface area contributed by atoms with Crippen molar-refractivity contribution in [3.63, 3.8) is 0 Å². The molecular weight excluding hydrogens is 703 g/mol. The van der Waals surface area contributed by atoms with Gasteiger partial charge in [0.25, 0.3) is 5.56 Å². The molecule has 3 aliphatic heterocycles. The Kier molecular flexibility index (Phi) is 8.06. The molecule has 3 aromatic heterocycles. The minimum atomic E-state index is -5.06. The van der Waals surface area contributed by atoms with Gasteiger partial charge in [-0.1, -0.05) is 23.2 Å². The largest absolute Gasteiger partial charge is 0.472 e. The highest BCUT2D eigenvalue weighted by atomic mass is 35.5. The minimum Gasteiger partial charge on any atom is -0.386 e. The van der Waals surface area contributed by atoms with E-state index in [1.165, 1.54) is 23.0 Å². The van der Waals surface area contributed by atoms with Gasteiger partial charge in [0.1, 0.15) is 36.6 Å². The molecule has 10 atom stereocenters. The molecule has 0 bridgehead atoms. The number of phosphoric ester groups is 2. The quantitative estimate of drug-likeness (QED) is 0.154. The monoisotopic (exact) mass is 725 g/mol. The lowest BCUT2D eigenvalue weighted by atomic mass is 10.1. The molecule has 4 aromatic rings. The highest BCUT2D eigenvalue weighted by Crippen LogP contribution is 2.53. The SMILES string of the molecule is Nc1nc2c(ncn2[C@@H]2O[C@@H]3COP(=O)(O)OC4C(O)[C@H](n5cnc6cc(Cl)c(Cl)cc65)O[C@@H]4COP(=O)(O)OC3C2O)c(=O)[nH]1. The van der Waals surface area contributed by atoms with E-state index in [0.717, 1.165) is 10.9 Å². The van der Waals surface area contributed by atoms with Crippen molar-refractivity contribution in [2.45, 2.75) is 49.1 Å². The van der Waals surface area contributed by atoms with E-state index in [2.05, 4.69) is 19.9 Å². The number of nitrogen functional groups attached to an aromatic ring is 1. The van der Waals surface area contributed by atoms with Gasteiger partial charge in [-0.2, -0.15) is 4.98 Å². The number of aromatic amines is 1. The number of fused-ring (bicyclic) bond motifs is 4. The van der Waals surface area contributed by atoms with E-state index < -0.39 is 83.5 Å². The zero-order chi connectivity index (χ0) is 32.7. The Bertz CT molecular complexity index is 1990. The number of aliphatic hydroxyl groups is 2. The third-order valence-corrected chi connectivity index (χ3v) is 10.2. The number of ether oxygens (including phenoxy) is 2. The summed E-state index contributed by atoms with van der Waals surface area (Å²) in [6.45, 7) is -1.64. The van der Waals surface area contributed by atoms with Gasteiger partial charge in [0.15, 0.2) is 23.6 Å². The van der Waals surface area contributed by atoms with Crippen molar-refractivity contribution in [2.24, 2.45) is 0 Å². The van der Waals surface area contributed by atoms with Crippen LogP contribution in [0.2, 0.25) is 10.0 Å². The molecule has 7 rings (SSSR count). The number of anilines is 1. The maximum absolute atomic E-state index is 13.1. The second-order valence-corrected chi connectivity index (χ2v) is 14.1. The van der Waals surface area contributed by atoms with Crippen LogP contribution in [0.15, 0.2) is 29.6 Å². The molecule has 248 valence electrons. The van der Waals surface area contributed by atoms with E-state index >= 15 is 0 Å². The summed E-state index contributed by atoms with van der Waals surface area (Å²) in [5, 5.41) is 22.7. The molecule has 46 heavy (non-hydrogen) atoms. The van der Waals surface area contributed by atoms with Gasteiger partial charge < -0.3 is 39.8 Å². The maximum Gasteiger partial charge on any atom is 0.472 e. The Hall–Kier alpha value is -2.52. The van der Waals surface area contributed by atoms with Crippen molar-refractivity contribution in [1.29, 1.82) is 0 Å². The standard InChI is InChI=1S/C22H23Cl2N7O13P2/c23-7-1-9-10(2-8(7)24)30(5-26-9)20-14(32)16-11(41-20)3-39-46(37,38)44-17-12(4-40-45(35,36)43-16)42-21(15(17)33)31-6-27-13-18(31)28-22(25)29-19(13)34/h1-2,5-6,11-12,14-17,20-21,32-33H,3-4H2,(H,35,36)(H,37,38)(H3,25,28,29,34)/t11-,12-,14?,15?,16?,17?,20-,21-/m1/s1. The van der Waals surface area contributed by atoms with Gasteiger partial charge in [0.2, 0.25) is 5.95 Å². The van der Waals surface area contributed by atoms with Gasteiger partial charge in [-0.15, -0.1) is 0 Å². The number of aromatic nitrogens is 6. The fraction of sp³-hybridized carbons (Fsp3) is 0.455. The zero-order valence-electron chi connectivity index (χ0n) is 22.8. The Morgan fingerprint density at radius 3 is 2.04 bits per heavy atom. The first-order valence-electron chi connectivity index (χ1n) is 13.2. The number of phosphoric acid groups is 2. The molecule has 0 aliphatic carbocycles. The van der Waals surface area contributed by atoms with Crippen molar-refractivity contribution < 1.29 is 56.7 Å². The zero-order valence-corrected chi connectivity index (χ0v) is 26.1. The summed E-state index contributed by atoms with van der Waals surface area (Å²) in [4.78, 5) is 47.9. The average molecular weight is 726 g/mol. The molecule has 0 spiro atoms. The van der Waals surface area contributed by atoms with E-state index in [4.69, 9.17) is 56.5 Å². The first-order valence-corrected chi connectivity index (χ1v) is 17.0. The number of halogens is 2. The second-order valence-electron chi connectivity index (χ2n) is 10.5. The lowest BCUT2D eigenvalue weighted by Crippen LogP contribution is -2.39. The molecule has 0 amide bonds. The Balaban J connectivity index is 1.17. The van der Waals surface area contributed by atoms with E-state index in [1.54, 1.807) is 0 Å². The molecule has 20 nitrogen and oxygen atoms in total. The number of hydrogen-bond donors (Lipinski definition) is 6. The van der Waals surface area contributed by atoms with Crippen molar-refractivity contribution in [2.75, 3.05) is 18.9 Å². The fourth-order valence-electron chi connectivity index (χ4n) is 5.49. The summed E-state index contributed by atoms with van der Waals surface area (Å²) in [7, 11) is -10.1. The maximum atomic E-state index is 13.1. The number of nitrogens with two attached hydrogens (primary N) is 1. The number of nitrogens with zero attached hydrogens (tertiary/aromatic N) is 5. The van der Waals surface area contributed by atoms with E-state index in [0.29, 0.717) is 11.0 Å². The van der Waals surface area contributed by atoms with E-state index in [1.807, 2.05) is 0 Å². The molecular formula is C22H23Cl2N7O13P2. The van der Waals surface area contributed by atoms with E-state index in [9.17, 15) is 33.9 Å². The fourth-order valence-corrected chi connectivity index (χ4v) is 7.73. The third kappa shape index (κ3) is 5.67. The summed E-state index contributed by atoms with van der Waals surface area (Å²) < 4.78 is 61.2. The van der Waals surface area contributed by atoms with Crippen molar-refractivity contribution in [3.05, 3.63) is 45.2 Å². The molecule has 6 unspecified atom stereocenters. The normalized spacial score (nSPS) is 37.2. The van der Waals surface area contributed by atoms with Crippen LogP contribution in [0.4, 0.5) is 5.95 Å². The Labute approximate surface area is 265 Å². The van der Waals surface area contributed by atoms with Crippen LogP contribution >= 0.6 is 38.8 Å². The van der Waals surface area contributed by atoms with Gasteiger partial charge in [-0.05, 0) is 12.1 Å². The number of imidazole rings is 2. The number of nitrogens with one attached hydrogen (secondary N) is 1. The van der Waals surface area contributed by atoms with Crippen molar-refractivity contribution >= 4 is 67.0 Å². The van der Waals surface area contributed by atoms with Crippen molar-refractivity contribution in [3.8, 4) is 0 Å². The Morgan fingerprint density at radius 1 is 0.891 bits per heavy atom. The van der Waals surface area contributed by atoms with E-state index in [-0.39, 0.29) is 27.2 Å². The van der Waals surface area contributed by atoms with Crippen LogP contribution < -0.4 is 11.3 Å². The van der Waals surface area contributed by atoms with Gasteiger partial charge in [0, 0.05) is 0 Å². The van der Waals surface area contributed by atoms with Crippen LogP contribution in [0.3, 0.4) is 0 Å². The van der Waals surface area contributed by atoms with Gasteiger partial charge in [-0.3, -0.25) is 32.4 Å². The minimum absolute atomic E-state index is 0.104. The Morgan fingerprint density at radius 2 is 1.43 bits per heavy atom. The smallest absolute Gasteiger partial charge is 0.386 e.